The first-order chi connectivity index (χ1) is 9.95. The standard InChI is InChI=1S/C13H12O6S2/c14-10-2-1-3-13(21(15,16)17)9(10)4-8-5-18-11-6-20-7-12(11)19-8/h1-3,6-8,14H,4-5H2,(H,15,16,17). The van der Waals surface area contributed by atoms with Crippen molar-refractivity contribution in [3.05, 3.63) is 34.5 Å². The number of phenols is 1. The predicted octanol–water partition coefficient (Wildman–Crippen LogP) is 2.08. The van der Waals surface area contributed by atoms with E-state index in [-0.39, 0.29) is 29.2 Å². The van der Waals surface area contributed by atoms with Crippen molar-refractivity contribution in [2.45, 2.75) is 17.4 Å². The lowest BCUT2D eigenvalue weighted by Crippen LogP contribution is -2.31. The highest BCUT2D eigenvalue weighted by Crippen LogP contribution is 2.36. The Morgan fingerprint density at radius 1 is 1.29 bits per heavy atom. The monoisotopic (exact) mass is 328 g/mol. The molecule has 1 aliphatic heterocycles. The molecule has 0 fully saturated rings. The minimum absolute atomic E-state index is 0.108. The number of fused-ring (bicyclic) bond motifs is 1. The highest BCUT2D eigenvalue weighted by Gasteiger charge is 2.26. The van der Waals surface area contributed by atoms with E-state index < -0.39 is 16.2 Å². The van der Waals surface area contributed by atoms with E-state index in [4.69, 9.17) is 9.47 Å². The van der Waals surface area contributed by atoms with Crippen molar-refractivity contribution in [2.75, 3.05) is 6.61 Å². The van der Waals surface area contributed by atoms with Gasteiger partial charge in [0.15, 0.2) is 11.5 Å². The first kappa shape index (κ1) is 14.2. The highest BCUT2D eigenvalue weighted by molar-refractivity contribution is 7.85. The van der Waals surface area contributed by atoms with Crippen molar-refractivity contribution < 1.29 is 27.6 Å². The molecule has 2 aromatic rings. The van der Waals surface area contributed by atoms with Crippen molar-refractivity contribution in [3.63, 3.8) is 0 Å². The maximum atomic E-state index is 11.4. The number of hydrogen-bond acceptors (Lipinski definition) is 6. The normalized spacial score (nSPS) is 17.7. The third-order valence-electron chi connectivity index (χ3n) is 3.13. The Hall–Kier alpha value is -1.77. The summed E-state index contributed by atoms with van der Waals surface area (Å²) in [5, 5.41) is 13.5. The summed E-state index contributed by atoms with van der Waals surface area (Å²) < 4.78 is 43.2. The number of rotatable bonds is 3. The van der Waals surface area contributed by atoms with Crippen LogP contribution >= 0.6 is 11.3 Å². The SMILES string of the molecule is O=S(=O)(O)c1cccc(O)c1CC1COc2cscc2O1. The lowest BCUT2D eigenvalue weighted by Gasteiger charge is -2.25. The van der Waals surface area contributed by atoms with E-state index in [1.54, 1.807) is 5.38 Å². The second-order valence-corrected chi connectivity index (χ2v) is 6.72. The largest absolute Gasteiger partial charge is 0.508 e. The fourth-order valence-corrected chi connectivity index (χ4v) is 3.61. The number of thiophene rings is 1. The van der Waals surface area contributed by atoms with Gasteiger partial charge in [-0.2, -0.15) is 8.42 Å². The van der Waals surface area contributed by atoms with Crippen LogP contribution < -0.4 is 9.47 Å². The van der Waals surface area contributed by atoms with Crippen LogP contribution in [0.15, 0.2) is 33.9 Å². The van der Waals surface area contributed by atoms with E-state index in [1.807, 2.05) is 5.38 Å². The van der Waals surface area contributed by atoms with Gasteiger partial charge in [-0.05, 0) is 12.1 Å². The summed E-state index contributed by atoms with van der Waals surface area (Å²) in [7, 11) is -4.41. The van der Waals surface area contributed by atoms with Gasteiger partial charge in [0.05, 0.1) is 0 Å². The van der Waals surface area contributed by atoms with E-state index in [9.17, 15) is 18.1 Å². The second-order valence-electron chi connectivity index (χ2n) is 4.58. The molecule has 6 nitrogen and oxygen atoms in total. The number of aromatic hydroxyl groups is 1. The van der Waals surface area contributed by atoms with Crippen LogP contribution in [-0.2, 0) is 16.5 Å². The molecule has 0 radical (unpaired) electrons. The number of benzene rings is 1. The van der Waals surface area contributed by atoms with E-state index >= 15 is 0 Å². The fourth-order valence-electron chi connectivity index (χ4n) is 2.19. The van der Waals surface area contributed by atoms with Crippen LogP contribution in [0.4, 0.5) is 0 Å². The number of hydrogen-bond donors (Lipinski definition) is 2. The molecule has 1 aliphatic rings. The molecule has 112 valence electrons. The molecule has 2 N–H and O–H groups in total. The van der Waals surface area contributed by atoms with E-state index in [1.165, 1.54) is 29.5 Å². The molecule has 0 amide bonds. The van der Waals surface area contributed by atoms with Crippen molar-refractivity contribution in [2.24, 2.45) is 0 Å². The van der Waals surface area contributed by atoms with Gasteiger partial charge in [-0.15, -0.1) is 11.3 Å². The van der Waals surface area contributed by atoms with Crippen LogP contribution in [0.5, 0.6) is 17.2 Å². The molecule has 0 saturated carbocycles. The first-order valence-electron chi connectivity index (χ1n) is 6.09. The van der Waals surface area contributed by atoms with E-state index in [0.717, 1.165) is 0 Å². The summed E-state index contributed by atoms with van der Waals surface area (Å²) in [5.74, 6) is 1.05. The average molecular weight is 328 g/mol. The van der Waals surface area contributed by atoms with Gasteiger partial charge in [0.2, 0.25) is 0 Å². The molecule has 0 spiro atoms. The van der Waals surface area contributed by atoms with Gasteiger partial charge in [-0.1, -0.05) is 6.07 Å². The molecule has 1 atom stereocenters. The van der Waals surface area contributed by atoms with Gasteiger partial charge < -0.3 is 14.6 Å². The minimum Gasteiger partial charge on any atom is -0.508 e. The van der Waals surface area contributed by atoms with E-state index in [2.05, 4.69) is 0 Å². The van der Waals surface area contributed by atoms with Crippen LogP contribution in [0.25, 0.3) is 0 Å². The van der Waals surface area contributed by atoms with Gasteiger partial charge in [0.1, 0.15) is 23.4 Å². The van der Waals surface area contributed by atoms with Gasteiger partial charge in [0.25, 0.3) is 10.1 Å². The lowest BCUT2D eigenvalue weighted by atomic mass is 10.1. The summed E-state index contributed by atoms with van der Waals surface area (Å²) in [5.41, 5.74) is 0.118. The Morgan fingerprint density at radius 2 is 2.05 bits per heavy atom. The highest BCUT2D eigenvalue weighted by atomic mass is 32.2. The number of phenolic OH excluding ortho intramolecular Hbond substituents is 1. The van der Waals surface area contributed by atoms with Crippen molar-refractivity contribution >= 4 is 21.5 Å². The Balaban J connectivity index is 1.89. The Bertz CT molecular complexity index is 765. The van der Waals surface area contributed by atoms with Gasteiger partial charge in [0, 0.05) is 22.7 Å². The summed E-state index contributed by atoms with van der Waals surface area (Å²) in [6.07, 6.45) is -0.335. The molecule has 0 bridgehead atoms. The molecule has 0 saturated heterocycles. The Morgan fingerprint density at radius 3 is 2.81 bits per heavy atom. The maximum absolute atomic E-state index is 11.4. The van der Waals surface area contributed by atoms with Crippen LogP contribution in [-0.4, -0.2) is 30.8 Å². The van der Waals surface area contributed by atoms with Crippen LogP contribution in [0.1, 0.15) is 5.56 Å². The summed E-state index contributed by atoms with van der Waals surface area (Å²) in [4.78, 5) is -0.317. The molecule has 1 aromatic heterocycles. The zero-order chi connectivity index (χ0) is 15.0. The lowest BCUT2D eigenvalue weighted by molar-refractivity contribution is 0.0917. The molecule has 8 heteroatoms. The quantitative estimate of drug-likeness (QED) is 0.838. The van der Waals surface area contributed by atoms with Crippen molar-refractivity contribution in [3.8, 4) is 17.2 Å². The third-order valence-corrected chi connectivity index (χ3v) is 4.77. The molecule has 1 unspecified atom stereocenters. The van der Waals surface area contributed by atoms with Gasteiger partial charge in [-0.3, -0.25) is 4.55 Å². The van der Waals surface area contributed by atoms with Crippen LogP contribution in [0.2, 0.25) is 0 Å². The smallest absolute Gasteiger partial charge is 0.294 e. The van der Waals surface area contributed by atoms with E-state index in [0.29, 0.717) is 11.5 Å². The maximum Gasteiger partial charge on any atom is 0.294 e. The molecule has 21 heavy (non-hydrogen) atoms. The molecule has 1 aromatic carbocycles. The fraction of sp³-hybridized carbons (Fsp3) is 0.231. The molecule has 3 rings (SSSR count). The topological polar surface area (TPSA) is 93.1 Å². The summed E-state index contributed by atoms with van der Waals surface area (Å²) in [6, 6.07) is 3.96. The van der Waals surface area contributed by atoms with Gasteiger partial charge >= 0.3 is 0 Å². The van der Waals surface area contributed by atoms with Crippen molar-refractivity contribution in [1.82, 2.24) is 0 Å². The molecule has 0 aliphatic carbocycles. The molecular formula is C13H12O6S2. The predicted molar refractivity (Wildman–Crippen MR) is 75.9 cm³/mol. The minimum atomic E-state index is -4.41. The average Bonchev–Trinajstić information content (AvgIpc) is 2.87. The summed E-state index contributed by atoms with van der Waals surface area (Å²) >= 11 is 1.44. The zero-order valence-corrected chi connectivity index (χ0v) is 12.4. The van der Waals surface area contributed by atoms with Crippen LogP contribution in [0.3, 0.4) is 0 Å². The second kappa shape index (κ2) is 5.21. The Labute approximate surface area is 125 Å². The summed E-state index contributed by atoms with van der Waals surface area (Å²) in [6.45, 7) is 0.239. The molecular weight excluding hydrogens is 316 g/mol. The third kappa shape index (κ3) is 2.82. The van der Waals surface area contributed by atoms with Crippen LogP contribution in [0, 0.1) is 0 Å². The molecule has 2 heterocycles. The number of ether oxygens (including phenoxy) is 2. The van der Waals surface area contributed by atoms with Crippen molar-refractivity contribution in [1.29, 1.82) is 0 Å². The zero-order valence-electron chi connectivity index (χ0n) is 10.7. The Kier molecular flexibility index (Phi) is 3.52. The first-order valence-corrected chi connectivity index (χ1v) is 8.47. The van der Waals surface area contributed by atoms with Gasteiger partial charge in [-0.25, -0.2) is 0 Å².